The van der Waals surface area contributed by atoms with Crippen molar-refractivity contribution in [2.45, 2.75) is 0 Å². The molecule has 1 N–H and O–H groups in total. The van der Waals surface area contributed by atoms with Crippen molar-refractivity contribution in [3.05, 3.63) is 40.6 Å². The van der Waals surface area contributed by atoms with Gasteiger partial charge in [-0.25, -0.2) is 4.79 Å². The predicted molar refractivity (Wildman–Crippen MR) is 54.0 cm³/mol. The summed E-state index contributed by atoms with van der Waals surface area (Å²) in [5.41, 5.74) is 0.626. The molecule has 0 amide bonds. The highest BCUT2D eigenvalue weighted by molar-refractivity contribution is 7.71. The molecule has 14 heavy (non-hydrogen) atoms. The fourth-order valence-electron chi connectivity index (χ4n) is 1.23. The van der Waals surface area contributed by atoms with Gasteiger partial charge in [0.1, 0.15) is 17.4 Å². The first kappa shape index (κ1) is 8.90. The van der Waals surface area contributed by atoms with E-state index in [1.165, 1.54) is 6.26 Å². The fraction of sp³-hybridized carbons (Fsp3) is 0. The highest BCUT2D eigenvalue weighted by Gasteiger charge is 2.08. The molecule has 0 radical (unpaired) electrons. The normalized spacial score (nSPS) is 10.3. The van der Waals surface area contributed by atoms with E-state index in [0.29, 0.717) is 15.5 Å². The number of rotatable bonds is 1. The van der Waals surface area contributed by atoms with Gasteiger partial charge in [0.2, 0.25) is 0 Å². The number of hydrogen-bond acceptors (Lipinski definition) is 3. The molecule has 0 bridgehead atoms. The van der Waals surface area contributed by atoms with Crippen LogP contribution in [-0.2, 0) is 0 Å². The predicted octanol–water partition coefficient (Wildman–Crippen LogP) is 2.86. The van der Waals surface area contributed by atoms with E-state index in [0.717, 1.165) is 0 Å². The van der Waals surface area contributed by atoms with E-state index in [1.807, 2.05) is 0 Å². The Morgan fingerprint density at radius 2 is 2.07 bits per heavy atom. The summed E-state index contributed by atoms with van der Waals surface area (Å²) in [6.45, 7) is 0. The number of aromatic carboxylic acids is 1. The summed E-state index contributed by atoms with van der Waals surface area (Å²) in [7, 11) is 0. The van der Waals surface area contributed by atoms with E-state index in [2.05, 4.69) is 0 Å². The maximum Gasteiger partial charge on any atom is 0.340 e. The number of hydrogen-bond donors (Lipinski definition) is 1. The topological polar surface area (TPSA) is 50.4 Å². The second kappa shape index (κ2) is 3.23. The maximum absolute atomic E-state index is 10.7. The average Bonchev–Trinajstić information content (AvgIpc) is 2.18. The zero-order valence-electron chi connectivity index (χ0n) is 7.06. The Morgan fingerprint density at radius 1 is 1.36 bits per heavy atom. The van der Waals surface area contributed by atoms with Gasteiger partial charge in [-0.05, 0) is 12.1 Å². The van der Waals surface area contributed by atoms with Crippen LogP contribution in [0.2, 0.25) is 0 Å². The Morgan fingerprint density at radius 3 is 2.79 bits per heavy atom. The van der Waals surface area contributed by atoms with Crippen molar-refractivity contribution in [2.24, 2.45) is 0 Å². The van der Waals surface area contributed by atoms with E-state index in [9.17, 15) is 4.79 Å². The number of fused-ring (bicyclic) bond motifs is 1. The van der Waals surface area contributed by atoms with Gasteiger partial charge < -0.3 is 9.52 Å². The molecule has 0 fully saturated rings. The van der Waals surface area contributed by atoms with Crippen LogP contribution in [0.4, 0.5) is 0 Å². The van der Waals surface area contributed by atoms with E-state index < -0.39 is 5.97 Å². The van der Waals surface area contributed by atoms with Gasteiger partial charge >= 0.3 is 5.97 Å². The smallest absolute Gasteiger partial charge is 0.340 e. The Labute approximate surface area is 84.6 Å². The molecule has 0 saturated carbocycles. The van der Waals surface area contributed by atoms with Crippen molar-refractivity contribution in [2.75, 3.05) is 0 Å². The van der Waals surface area contributed by atoms with Crippen LogP contribution in [0.25, 0.3) is 11.0 Å². The third-order valence-electron chi connectivity index (χ3n) is 1.91. The minimum absolute atomic E-state index is 0.0266. The van der Waals surface area contributed by atoms with Gasteiger partial charge in [0.05, 0.1) is 4.51 Å². The lowest BCUT2D eigenvalue weighted by Crippen LogP contribution is -1.96. The second-order valence-corrected chi connectivity index (χ2v) is 3.19. The van der Waals surface area contributed by atoms with Crippen LogP contribution in [0.5, 0.6) is 0 Å². The number of carboxylic acids is 1. The lowest BCUT2D eigenvalue weighted by Gasteiger charge is -1.98. The quantitative estimate of drug-likeness (QED) is 0.729. The van der Waals surface area contributed by atoms with Crippen molar-refractivity contribution < 1.29 is 14.3 Å². The summed E-state index contributed by atoms with van der Waals surface area (Å²) in [6.07, 6.45) is 1.17. The van der Waals surface area contributed by atoms with Crippen molar-refractivity contribution in [3.8, 4) is 0 Å². The Hall–Kier alpha value is -1.68. The minimum atomic E-state index is -1.07. The standard InChI is InChI=1S/C10H6O3S/c11-10(12)7-5-13-8-4-2-1-3-6(8)9(7)14/h1-5H,(H,11,12). The Balaban J connectivity index is 2.89. The van der Waals surface area contributed by atoms with Gasteiger partial charge in [-0.15, -0.1) is 0 Å². The number of para-hydroxylation sites is 1. The molecule has 0 aliphatic carbocycles. The van der Waals surface area contributed by atoms with E-state index in [1.54, 1.807) is 24.3 Å². The number of carboxylic acid groups (broad SMARTS) is 1. The van der Waals surface area contributed by atoms with Crippen LogP contribution in [0.1, 0.15) is 10.4 Å². The largest absolute Gasteiger partial charge is 0.478 e. The van der Waals surface area contributed by atoms with Crippen molar-refractivity contribution in [1.82, 2.24) is 0 Å². The van der Waals surface area contributed by atoms with Gasteiger partial charge in [0, 0.05) is 5.39 Å². The first-order valence-corrected chi connectivity index (χ1v) is 4.35. The molecule has 1 heterocycles. The SMILES string of the molecule is O=C(O)c1coc2ccccc2c1=S. The number of carbonyl (C=O) groups is 1. The summed E-state index contributed by atoms with van der Waals surface area (Å²) < 4.78 is 5.46. The fourth-order valence-corrected chi connectivity index (χ4v) is 1.53. The lowest BCUT2D eigenvalue weighted by atomic mass is 10.2. The molecule has 3 nitrogen and oxygen atoms in total. The molecular weight excluding hydrogens is 200 g/mol. The van der Waals surface area contributed by atoms with E-state index in [-0.39, 0.29) is 5.56 Å². The highest BCUT2D eigenvalue weighted by atomic mass is 32.1. The van der Waals surface area contributed by atoms with Crippen LogP contribution in [-0.4, -0.2) is 11.1 Å². The third-order valence-corrected chi connectivity index (χ3v) is 2.35. The van der Waals surface area contributed by atoms with Crippen molar-refractivity contribution >= 4 is 29.2 Å². The van der Waals surface area contributed by atoms with E-state index >= 15 is 0 Å². The first-order chi connectivity index (χ1) is 6.70. The molecule has 0 saturated heterocycles. The molecule has 0 atom stereocenters. The Bertz CT molecular complexity index is 557. The van der Waals surface area contributed by atoms with Crippen LogP contribution in [0.3, 0.4) is 0 Å². The zero-order valence-corrected chi connectivity index (χ0v) is 7.88. The minimum Gasteiger partial charge on any atom is -0.478 e. The summed E-state index contributed by atoms with van der Waals surface area (Å²) in [5.74, 6) is -1.07. The molecule has 0 unspecified atom stereocenters. The summed E-state index contributed by atoms with van der Waals surface area (Å²) in [5, 5.41) is 9.45. The molecule has 0 aliphatic heterocycles. The summed E-state index contributed by atoms with van der Waals surface area (Å²) >= 11 is 5.03. The van der Waals surface area contributed by atoms with Crippen LogP contribution in [0.15, 0.2) is 34.9 Å². The molecular formula is C10H6O3S. The lowest BCUT2D eigenvalue weighted by molar-refractivity contribution is 0.0694. The van der Waals surface area contributed by atoms with Gasteiger partial charge in [-0.1, -0.05) is 24.4 Å². The third kappa shape index (κ3) is 1.29. The van der Waals surface area contributed by atoms with Gasteiger partial charge in [-0.3, -0.25) is 0 Å². The van der Waals surface area contributed by atoms with Crippen LogP contribution >= 0.6 is 12.2 Å². The molecule has 0 aliphatic rings. The molecule has 1 aromatic heterocycles. The van der Waals surface area contributed by atoms with E-state index in [4.69, 9.17) is 21.7 Å². The molecule has 0 spiro atoms. The summed E-state index contributed by atoms with van der Waals surface area (Å²) in [6, 6.07) is 7.09. The monoisotopic (exact) mass is 206 g/mol. The molecule has 2 rings (SSSR count). The maximum atomic E-state index is 10.7. The van der Waals surface area contributed by atoms with Gasteiger partial charge in [0.15, 0.2) is 0 Å². The van der Waals surface area contributed by atoms with Crippen LogP contribution in [0, 0.1) is 4.51 Å². The zero-order chi connectivity index (χ0) is 10.1. The average molecular weight is 206 g/mol. The van der Waals surface area contributed by atoms with Crippen LogP contribution < -0.4 is 0 Å². The van der Waals surface area contributed by atoms with Gasteiger partial charge in [-0.2, -0.15) is 0 Å². The summed E-state index contributed by atoms with van der Waals surface area (Å²) in [4.78, 5) is 10.7. The molecule has 4 heteroatoms. The molecule has 1 aromatic carbocycles. The number of benzene rings is 1. The van der Waals surface area contributed by atoms with Gasteiger partial charge in [0.25, 0.3) is 0 Å². The molecule has 70 valence electrons. The second-order valence-electron chi connectivity index (χ2n) is 2.78. The first-order valence-electron chi connectivity index (χ1n) is 3.94. The highest BCUT2D eigenvalue weighted by Crippen LogP contribution is 2.18. The van der Waals surface area contributed by atoms with Crippen molar-refractivity contribution in [1.29, 1.82) is 0 Å². The van der Waals surface area contributed by atoms with Crippen molar-refractivity contribution in [3.63, 3.8) is 0 Å². The Kier molecular flexibility index (Phi) is 2.05. The molecule has 2 aromatic rings.